The van der Waals surface area contributed by atoms with E-state index in [1.54, 1.807) is 0 Å². The number of aryl methyl sites for hydroxylation is 2. The number of fused-ring (bicyclic) bond motifs is 1. The Morgan fingerprint density at radius 2 is 1.93 bits per heavy atom. The molecule has 3 aromatic rings. The quantitative estimate of drug-likeness (QED) is 0.684. The minimum atomic E-state index is 0.0908. The van der Waals surface area contributed by atoms with Crippen LogP contribution >= 0.6 is 0 Å². The molecule has 1 saturated heterocycles. The lowest BCUT2D eigenvalue weighted by Crippen LogP contribution is -2.40. The average molecular weight is 391 g/mol. The van der Waals surface area contributed by atoms with Gasteiger partial charge in [0, 0.05) is 12.2 Å². The Morgan fingerprint density at radius 3 is 2.72 bits per heavy atom. The Bertz CT molecular complexity index is 985. The summed E-state index contributed by atoms with van der Waals surface area (Å²) in [5, 5.41) is 3.15. The van der Waals surface area contributed by atoms with Gasteiger partial charge in [0.1, 0.15) is 0 Å². The largest absolute Gasteiger partial charge is 0.330 e. The molecule has 2 aromatic carbocycles. The van der Waals surface area contributed by atoms with Crippen LogP contribution in [0.2, 0.25) is 0 Å². The number of anilines is 1. The van der Waals surface area contributed by atoms with Gasteiger partial charge in [-0.1, -0.05) is 37.3 Å². The number of para-hydroxylation sites is 3. The van der Waals surface area contributed by atoms with Crippen LogP contribution in [0.25, 0.3) is 11.0 Å². The Kier molecular flexibility index (Phi) is 5.95. The van der Waals surface area contributed by atoms with Crippen molar-refractivity contribution in [1.29, 1.82) is 0 Å². The summed E-state index contributed by atoms with van der Waals surface area (Å²) in [5.74, 6) is 0.725. The molecule has 5 heteroatoms. The highest BCUT2D eigenvalue weighted by Crippen LogP contribution is 2.23. The molecule has 0 aliphatic carbocycles. The Balaban J connectivity index is 1.29. The summed E-state index contributed by atoms with van der Waals surface area (Å²) < 4.78 is 2.27. The number of hydrogen-bond donors (Lipinski definition) is 1. The fourth-order valence-corrected chi connectivity index (χ4v) is 4.35. The number of piperidine rings is 1. The number of nitrogens with one attached hydrogen (secondary N) is 1. The van der Waals surface area contributed by atoms with E-state index in [4.69, 9.17) is 0 Å². The number of likely N-dealkylation sites (tertiary alicyclic amines) is 1. The fourth-order valence-electron chi connectivity index (χ4n) is 4.35. The molecular formula is C24H30N4O. The molecule has 29 heavy (non-hydrogen) atoms. The molecule has 1 aliphatic rings. The molecule has 0 atom stereocenters. The molecule has 1 N–H and O–H groups in total. The van der Waals surface area contributed by atoms with Crippen LogP contribution in [-0.2, 0) is 17.8 Å². The van der Waals surface area contributed by atoms with Gasteiger partial charge in [-0.2, -0.15) is 0 Å². The van der Waals surface area contributed by atoms with Crippen molar-refractivity contribution in [3.05, 3.63) is 59.9 Å². The molecule has 0 radical (unpaired) electrons. The number of hydrogen-bond acceptors (Lipinski definition) is 3. The van der Waals surface area contributed by atoms with E-state index in [1.165, 1.54) is 11.1 Å². The minimum Gasteiger partial charge on any atom is -0.330 e. The standard InChI is InChI=1S/C24H30N4O/c1-3-20-8-6-7-18(2)24(20)26-23(29)16-27-13-11-19(12-14-27)15-28-17-25-21-9-4-5-10-22(21)28/h4-10,17,19H,3,11-16H2,1-2H3,(H,26,29). The first-order chi connectivity index (χ1) is 14.1. The first kappa shape index (κ1) is 19.6. The van der Waals surface area contributed by atoms with Crippen molar-refractivity contribution in [3.8, 4) is 0 Å². The number of imidazole rings is 1. The molecule has 2 heterocycles. The van der Waals surface area contributed by atoms with Gasteiger partial charge in [0.25, 0.3) is 0 Å². The molecule has 1 amide bonds. The maximum absolute atomic E-state index is 12.6. The van der Waals surface area contributed by atoms with Gasteiger partial charge in [-0.15, -0.1) is 0 Å². The Hall–Kier alpha value is -2.66. The van der Waals surface area contributed by atoms with Crippen molar-refractivity contribution in [2.24, 2.45) is 5.92 Å². The smallest absolute Gasteiger partial charge is 0.238 e. The second-order valence-electron chi connectivity index (χ2n) is 8.12. The summed E-state index contributed by atoms with van der Waals surface area (Å²) in [5.41, 5.74) is 5.58. The first-order valence-corrected chi connectivity index (χ1v) is 10.6. The van der Waals surface area contributed by atoms with Gasteiger partial charge in [0.2, 0.25) is 5.91 Å². The van der Waals surface area contributed by atoms with Gasteiger partial charge in [-0.05, 0) is 68.5 Å². The fraction of sp³-hybridized carbons (Fsp3) is 0.417. The van der Waals surface area contributed by atoms with E-state index >= 15 is 0 Å². The van der Waals surface area contributed by atoms with E-state index in [9.17, 15) is 4.79 Å². The summed E-state index contributed by atoms with van der Waals surface area (Å²) in [6.45, 7) is 7.60. The summed E-state index contributed by atoms with van der Waals surface area (Å²) in [6, 6.07) is 14.5. The summed E-state index contributed by atoms with van der Waals surface area (Å²) in [7, 11) is 0. The van der Waals surface area contributed by atoms with Gasteiger partial charge in [0.15, 0.2) is 0 Å². The molecule has 1 aromatic heterocycles. The van der Waals surface area contributed by atoms with Crippen molar-refractivity contribution in [2.75, 3.05) is 25.0 Å². The summed E-state index contributed by atoms with van der Waals surface area (Å²) >= 11 is 0. The highest BCUT2D eigenvalue weighted by Gasteiger charge is 2.22. The van der Waals surface area contributed by atoms with Gasteiger partial charge < -0.3 is 9.88 Å². The highest BCUT2D eigenvalue weighted by molar-refractivity contribution is 5.93. The van der Waals surface area contributed by atoms with Crippen molar-refractivity contribution in [3.63, 3.8) is 0 Å². The molecule has 4 rings (SSSR count). The molecule has 1 fully saturated rings. The number of benzene rings is 2. The van der Waals surface area contributed by atoms with Gasteiger partial charge in [-0.25, -0.2) is 4.98 Å². The average Bonchev–Trinajstić information content (AvgIpc) is 3.14. The van der Waals surface area contributed by atoms with Crippen LogP contribution in [0.15, 0.2) is 48.8 Å². The molecule has 0 saturated carbocycles. The molecule has 1 aliphatic heterocycles. The SMILES string of the molecule is CCc1cccc(C)c1NC(=O)CN1CCC(Cn2cnc3ccccc32)CC1. The van der Waals surface area contributed by atoms with E-state index in [-0.39, 0.29) is 5.91 Å². The van der Waals surface area contributed by atoms with E-state index in [1.807, 2.05) is 12.4 Å². The van der Waals surface area contributed by atoms with Gasteiger partial charge in [-0.3, -0.25) is 9.69 Å². The van der Waals surface area contributed by atoms with E-state index in [2.05, 4.69) is 70.0 Å². The predicted molar refractivity (Wildman–Crippen MR) is 118 cm³/mol. The maximum atomic E-state index is 12.6. The number of carbonyl (C=O) groups excluding carboxylic acids is 1. The predicted octanol–water partition coefficient (Wildman–Crippen LogP) is 4.26. The normalized spacial score (nSPS) is 15.7. The van der Waals surface area contributed by atoms with Crippen LogP contribution in [0.1, 0.15) is 30.9 Å². The number of carbonyl (C=O) groups is 1. The van der Waals surface area contributed by atoms with Crippen molar-refractivity contribution >= 4 is 22.6 Å². The zero-order valence-corrected chi connectivity index (χ0v) is 17.4. The summed E-state index contributed by atoms with van der Waals surface area (Å²) in [4.78, 5) is 19.4. The van der Waals surface area contributed by atoms with Crippen LogP contribution in [0, 0.1) is 12.8 Å². The topological polar surface area (TPSA) is 50.2 Å². The maximum Gasteiger partial charge on any atom is 0.238 e. The summed E-state index contributed by atoms with van der Waals surface area (Å²) in [6.07, 6.45) is 5.11. The highest BCUT2D eigenvalue weighted by atomic mass is 16.2. The zero-order valence-electron chi connectivity index (χ0n) is 17.4. The zero-order chi connectivity index (χ0) is 20.2. The number of rotatable bonds is 6. The monoisotopic (exact) mass is 390 g/mol. The third-order valence-electron chi connectivity index (χ3n) is 6.06. The van der Waals surface area contributed by atoms with Crippen LogP contribution in [0.4, 0.5) is 5.69 Å². The molecule has 5 nitrogen and oxygen atoms in total. The second-order valence-corrected chi connectivity index (χ2v) is 8.12. The second kappa shape index (κ2) is 8.78. The lowest BCUT2D eigenvalue weighted by Gasteiger charge is -2.31. The number of amides is 1. The molecule has 152 valence electrons. The number of nitrogens with zero attached hydrogens (tertiary/aromatic N) is 3. The molecule has 0 bridgehead atoms. The Labute approximate surface area is 172 Å². The van der Waals surface area contributed by atoms with E-state index in [0.717, 1.165) is 55.7 Å². The lowest BCUT2D eigenvalue weighted by molar-refractivity contribution is -0.117. The molecule has 0 unspecified atom stereocenters. The van der Waals surface area contributed by atoms with Crippen LogP contribution < -0.4 is 5.32 Å². The minimum absolute atomic E-state index is 0.0908. The van der Waals surface area contributed by atoms with Crippen molar-refractivity contribution < 1.29 is 4.79 Å². The third-order valence-corrected chi connectivity index (χ3v) is 6.06. The van der Waals surface area contributed by atoms with Crippen LogP contribution in [-0.4, -0.2) is 40.0 Å². The van der Waals surface area contributed by atoms with Crippen molar-refractivity contribution in [1.82, 2.24) is 14.5 Å². The van der Waals surface area contributed by atoms with Crippen LogP contribution in [0.5, 0.6) is 0 Å². The van der Waals surface area contributed by atoms with Gasteiger partial charge >= 0.3 is 0 Å². The molecule has 0 spiro atoms. The first-order valence-electron chi connectivity index (χ1n) is 10.6. The van der Waals surface area contributed by atoms with Gasteiger partial charge in [0.05, 0.1) is 23.9 Å². The molecular weight excluding hydrogens is 360 g/mol. The number of aromatic nitrogens is 2. The van der Waals surface area contributed by atoms with E-state index < -0.39 is 0 Å². The van der Waals surface area contributed by atoms with Crippen molar-refractivity contribution in [2.45, 2.75) is 39.7 Å². The third kappa shape index (κ3) is 4.51. The lowest BCUT2D eigenvalue weighted by atomic mass is 9.96. The van der Waals surface area contributed by atoms with E-state index in [0.29, 0.717) is 12.5 Å². The van der Waals surface area contributed by atoms with Crippen LogP contribution in [0.3, 0.4) is 0 Å². The Morgan fingerprint density at radius 1 is 1.14 bits per heavy atom.